The second kappa shape index (κ2) is 9.38. The molecule has 3 rings (SSSR count). The SMILES string of the molecule is CCN(CC)C(=O)c1ccc(CC2CCN(CCn3cc(Cl)cn3)C2)cc1. The van der Waals surface area contributed by atoms with Crippen molar-refractivity contribution in [2.75, 3.05) is 32.7 Å². The van der Waals surface area contributed by atoms with Crippen LogP contribution in [0.1, 0.15) is 36.2 Å². The van der Waals surface area contributed by atoms with Crippen LogP contribution >= 0.6 is 11.6 Å². The Balaban J connectivity index is 1.47. The van der Waals surface area contributed by atoms with E-state index in [1.54, 1.807) is 6.20 Å². The first-order valence-electron chi connectivity index (χ1n) is 9.87. The average molecular weight is 389 g/mol. The van der Waals surface area contributed by atoms with E-state index in [0.29, 0.717) is 10.9 Å². The minimum absolute atomic E-state index is 0.123. The summed E-state index contributed by atoms with van der Waals surface area (Å²) in [7, 11) is 0. The van der Waals surface area contributed by atoms with Crippen molar-refractivity contribution in [3.8, 4) is 0 Å². The predicted octanol–water partition coefficient (Wildman–Crippen LogP) is 3.58. The smallest absolute Gasteiger partial charge is 0.253 e. The maximum atomic E-state index is 12.4. The molecule has 1 saturated heterocycles. The Morgan fingerprint density at radius 1 is 1.22 bits per heavy atom. The van der Waals surface area contributed by atoms with Crippen LogP contribution in [0.2, 0.25) is 5.02 Å². The normalized spacial score (nSPS) is 17.4. The first-order valence-corrected chi connectivity index (χ1v) is 10.2. The van der Waals surface area contributed by atoms with Crippen LogP contribution in [0.5, 0.6) is 0 Å². The lowest BCUT2D eigenvalue weighted by atomic mass is 9.98. The number of aromatic nitrogens is 2. The molecule has 1 aromatic carbocycles. The van der Waals surface area contributed by atoms with E-state index in [9.17, 15) is 4.79 Å². The number of hydrogen-bond donors (Lipinski definition) is 0. The predicted molar refractivity (Wildman–Crippen MR) is 109 cm³/mol. The molecule has 1 atom stereocenters. The van der Waals surface area contributed by atoms with E-state index in [4.69, 9.17) is 11.6 Å². The minimum Gasteiger partial charge on any atom is -0.339 e. The van der Waals surface area contributed by atoms with E-state index in [1.165, 1.54) is 12.0 Å². The molecule has 1 aliphatic rings. The molecule has 0 radical (unpaired) electrons. The molecule has 0 bridgehead atoms. The van der Waals surface area contributed by atoms with Gasteiger partial charge in [-0.2, -0.15) is 5.10 Å². The Bertz CT molecular complexity index is 739. The average Bonchev–Trinajstić information content (AvgIpc) is 3.30. The minimum atomic E-state index is 0.123. The van der Waals surface area contributed by atoms with E-state index in [0.717, 1.165) is 51.3 Å². The number of nitrogens with zero attached hydrogens (tertiary/aromatic N) is 4. The van der Waals surface area contributed by atoms with Crippen molar-refractivity contribution in [1.29, 1.82) is 0 Å². The van der Waals surface area contributed by atoms with Gasteiger partial charge in [-0.25, -0.2) is 0 Å². The Morgan fingerprint density at radius 2 is 1.96 bits per heavy atom. The lowest BCUT2D eigenvalue weighted by Gasteiger charge is -2.19. The number of halogens is 1. The number of benzene rings is 1. The Hall–Kier alpha value is -1.85. The van der Waals surface area contributed by atoms with Crippen LogP contribution < -0.4 is 0 Å². The summed E-state index contributed by atoms with van der Waals surface area (Å²) in [5.74, 6) is 0.799. The molecule has 2 aromatic rings. The van der Waals surface area contributed by atoms with Gasteiger partial charge in [0.2, 0.25) is 0 Å². The van der Waals surface area contributed by atoms with Crippen molar-refractivity contribution >= 4 is 17.5 Å². The molecule has 0 spiro atoms. The third kappa shape index (κ3) is 5.33. The van der Waals surface area contributed by atoms with E-state index >= 15 is 0 Å². The van der Waals surface area contributed by atoms with Crippen LogP contribution in [0.4, 0.5) is 0 Å². The standard InChI is InChI=1S/C21H29ClN4O/c1-3-25(4-2)21(27)19-7-5-17(6-8-19)13-18-9-10-24(15-18)11-12-26-16-20(22)14-23-26/h5-8,14,16,18H,3-4,9-13,15H2,1-2H3. The van der Waals surface area contributed by atoms with Crippen molar-refractivity contribution in [2.24, 2.45) is 5.92 Å². The van der Waals surface area contributed by atoms with E-state index < -0.39 is 0 Å². The van der Waals surface area contributed by atoms with E-state index in [-0.39, 0.29) is 5.91 Å². The number of hydrogen-bond acceptors (Lipinski definition) is 3. The van der Waals surface area contributed by atoms with Gasteiger partial charge in [-0.05, 0) is 56.8 Å². The molecule has 6 heteroatoms. The van der Waals surface area contributed by atoms with Crippen LogP contribution in [-0.2, 0) is 13.0 Å². The fourth-order valence-corrected chi connectivity index (χ4v) is 3.95. The summed E-state index contributed by atoms with van der Waals surface area (Å²) in [6, 6.07) is 8.19. The zero-order valence-electron chi connectivity index (χ0n) is 16.3. The van der Waals surface area contributed by atoms with Crippen LogP contribution in [0.15, 0.2) is 36.7 Å². The largest absolute Gasteiger partial charge is 0.339 e. The van der Waals surface area contributed by atoms with E-state index in [2.05, 4.69) is 22.1 Å². The molecule has 5 nitrogen and oxygen atoms in total. The van der Waals surface area contributed by atoms with Crippen molar-refractivity contribution in [3.63, 3.8) is 0 Å². The quantitative estimate of drug-likeness (QED) is 0.694. The molecular formula is C21H29ClN4O. The summed E-state index contributed by atoms with van der Waals surface area (Å²) in [4.78, 5) is 16.8. The Kier molecular flexibility index (Phi) is 6.91. The number of rotatable bonds is 8. The highest BCUT2D eigenvalue weighted by atomic mass is 35.5. The van der Waals surface area contributed by atoms with Gasteiger partial charge in [0, 0.05) is 37.9 Å². The maximum absolute atomic E-state index is 12.4. The van der Waals surface area contributed by atoms with Crippen molar-refractivity contribution in [3.05, 3.63) is 52.8 Å². The molecule has 27 heavy (non-hydrogen) atoms. The summed E-state index contributed by atoms with van der Waals surface area (Å²) < 4.78 is 1.90. The van der Waals surface area contributed by atoms with Gasteiger partial charge in [0.25, 0.3) is 5.91 Å². The Morgan fingerprint density at radius 3 is 2.59 bits per heavy atom. The van der Waals surface area contributed by atoms with Gasteiger partial charge in [0.15, 0.2) is 0 Å². The Labute approximate surface area is 166 Å². The molecule has 1 amide bonds. The van der Waals surface area contributed by atoms with Crippen LogP contribution in [0.25, 0.3) is 0 Å². The molecule has 1 fully saturated rings. The molecule has 0 aliphatic carbocycles. The van der Waals surface area contributed by atoms with Gasteiger partial charge in [-0.1, -0.05) is 23.7 Å². The first kappa shape index (κ1) is 19.9. The number of carbonyl (C=O) groups excluding carboxylic acids is 1. The summed E-state index contributed by atoms with van der Waals surface area (Å²) in [6.07, 6.45) is 5.85. The van der Waals surface area contributed by atoms with Crippen molar-refractivity contribution < 1.29 is 4.79 Å². The topological polar surface area (TPSA) is 41.4 Å². The first-order chi connectivity index (χ1) is 13.1. The number of carbonyl (C=O) groups is 1. The van der Waals surface area contributed by atoms with Gasteiger partial charge in [0.05, 0.1) is 17.8 Å². The number of likely N-dealkylation sites (tertiary alicyclic amines) is 1. The highest BCUT2D eigenvalue weighted by Crippen LogP contribution is 2.21. The zero-order valence-corrected chi connectivity index (χ0v) is 17.0. The number of amides is 1. The van der Waals surface area contributed by atoms with Gasteiger partial charge < -0.3 is 9.80 Å². The molecule has 1 aromatic heterocycles. The van der Waals surface area contributed by atoms with Crippen LogP contribution in [0, 0.1) is 5.92 Å². The second-order valence-corrected chi connectivity index (χ2v) is 7.69. The fraction of sp³-hybridized carbons (Fsp3) is 0.524. The summed E-state index contributed by atoms with van der Waals surface area (Å²) in [5.41, 5.74) is 2.10. The maximum Gasteiger partial charge on any atom is 0.253 e. The lowest BCUT2D eigenvalue weighted by Crippen LogP contribution is -2.30. The van der Waals surface area contributed by atoms with Crippen molar-refractivity contribution in [1.82, 2.24) is 19.6 Å². The van der Waals surface area contributed by atoms with Crippen molar-refractivity contribution in [2.45, 2.75) is 33.2 Å². The van der Waals surface area contributed by atoms with E-state index in [1.807, 2.05) is 41.8 Å². The molecule has 0 N–H and O–H groups in total. The molecule has 146 valence electrons. The highest BCUT2D eigenvalue weighted by molar-refractivity contribution is 6.30. The van der Waals surface area contributed by atoms with Gasteiger partial charge in [-0.15, -0.1) is 0 Å². The molecular weight excluding hydrogens is 360 g/mol. The van der Waals surface area contributed by atoms with Crippen LogP contribution in [-0.4, -0.2) is 58.2 Å². The van der Waals surface area contributed by atoms with Crippen LogP contribution in [0.3, 0.4) is 0 Å². The fourth-order valence-electron chi connectivity index (χ4n) is 3.80. The van der Waals surface area contributed by atoms with Gasteiger partial charge >= 0.3 is 0 Å². The van der Waals surface area contributed by atoms with Gasteiger partial charge in [0.1, 0.15) is 0 Å². The lowest BCUT2D eigenvalue weighted by molar-refractivity contribution is 0.0773. The summed E-state index contributed by atoms with van der Waals surface area (Å²) in [5, 5.41) is 4.93. The second-order valence-electron chi connectivity index (χ2n) is 7.26. The molecule has 2 heterocycles. The molecule has 1 unspecified atom stereocenters. The summed E-state index contributed by atoms with van der Waals surface area (Å²) >= 11 is 5.91. The van der Waals surface area contributed by atoms with Gasteiger partial charge in [-0.3, -0.25) is 9.48 Å². The molecule has 1 aliphatic heterocycles. The third-order valence-electron chi connectivity index (χ3n) is 5.39. The molecule has 0 saturated carbocycles. The highest BCUT2D eigenvalue weighted by Gasteiger charge is 2.22. The zero-order chi connectivity index (χ0) is 19.2. The monoisotopic (exact) mass is 388 g/mol. The third-order valence-corrected chi connectivity index (χ3v) is 5.59. The summed E-state index contributed by atoms with van der Waals surface area (Å²) in [6.45, 7) is 9.67.